The third kappa shape index (κ3) is 9.54. The van der Waals surface area contributed by atoms with E-state index in [0.717, 1.165) is 0 Å². The smallest absolute Gasteiger partial charge is 0.255 e. The van der Waals surface area contributed by atoms with Crippen LogP contribution in [0, 0.1) is 0 Å². The van der Waals surface area contributed by atoms with Crippen molar-refractivity contribution in [2.75, 3.05) is 23.8 Å². The number of ketones is 2. The van der Waals surface area contributed by atoms with Crippen LogP contribution in [0.3, 0.4) is 0 Å². The molecule has 0 saturated heterocycles. The normalized spacial score (nSPS) is 10.4. The maximum atomic E-state index is 12.6. The number of amides is 2. The number of rotatable bonds is 14. The van der Waals surface area contributed by atoms with Crippen molar-refractivity contribution in [3.63, 3.8) is 0 Å². The van der Waals surface area contributed by atoms with E-state index in [1.807, 2.05) is 0 Å². The molecule has 38 heavy (non-hydrogen) atoms. The van der Waals surface area contributed by atoms with Crippen LogP contribution in [0.5, 0.6) is 11.5 Å². The molecule has 0 radical (unpaired) electrons. The molecule has 2 N–H and O–H groups in total. The molecule has 8 heteroatoms. The second kappa shape index (κ2) is 14.3. The van der Waals surface area contributed by atoms with E-state index in [9.17, 15) is 19.2 Å². The van der Waals surface area contributed by atoms with Crippen LogP contribution in [-0.2, 0) is 9.59 Å². The number of hydrogen-bond donors (Lipinski definition) is 2. The van der Waals surface area contributed by atoms with Crippen LogP contribution in [0.15, 0.2) is 72.8 Å². The van der Waals surface area contributed by atoms with E-state index >= 15 is 0 Å². The van der Waals surface area contributed by atoms with Crippen LogP contribution in [-0.4, -0.2) is 36.6 Å². The highest BCUT2D eigenvalue weighted by atomic mass is 16.5. The highest BCUT2D eigenvalue weighted by Gasteiger charge is 2.09. The molecule has 0 aliphatic heterocycles. The summed E-state index contributed by atoms with van der Waals surface area (Å²) in [6.07, 6.45) is 2.27. The minimum atomic E-state index is -0.270. The fourth-order valence-corrected chi connectivity index (χ4v) is 3.47. The van der Waals surface area contributed by atoms with Crippen LogP contribution in [0.2, 0.25) is 0 Å². The summed E-state index contributed by atoms with van der Waals surface area (Å²) in [5.74, 6) is 0.995. The summed E-state index contributed by atoms with van der Waals surface area (Å²) < 4.78 is 11.2. The van der Waals surface area contributed by atoms with Crippen molar-refractivity contribution in [3.8, 4) is 11.5 Å². The predicted octanol–water partition coefficient (Wildman–Crippen LogP) is 5.69. The Bertz CT molecular complexity index is 1140. The van der Waals surface area contributed by atoms with Gasteiger partial charge in [0.1, 0.15) is 23.1 Å². The number of ether oxygens (including phenoxy) is 2. The van der Waals surface area contributed by atoms with Crippen molar-refractivity contribution in [2.24, 2.45) is 0 Å². The second-order valence-electron chi connectivity index (χ2n) is 8.84. The molecule has 2 amide bonds. The van der Waals surface area contributed by atoms with Gasteiger partial charge in [-0.05, 0) is 99.5 Å². The van der Waals surface area contributed by atoms with Crippen molar-refractivity contribution in [3.05, 3.63) is 83.9 Å². The highest BCUT2D eigenvalue weighted by Crippen LogP contribution is 2.19. The topological polar surface area (TPSA) is 111 Å². The fraction of sp³-hybridized carbons (Fsp3) is 0.267. The van der Waals surface area contributed by atoms with E-state index in [0.29, 0.717) is 72.9 Å². The minimum Gasteiger partial charge on any atom is -0.494 e. The quantitative estimate of drug-likeness (QED) is 0.267. The van der Waals surface area contributed by atoms with E-state index in [1.165, 1.54) is 0 Å². The summed E-state index contributed by atoms with van der Waals surface area (Å²) in [4.78, 5) is 47.1. The first-order chi connectivity index (χ1) is 18.3. The first kappa shape index (κ1) is 28.1. The van der Waals surface area contributed by atoms with Gasteiger partial charge in [0, 0.05) is 35.3 Å². The van der Waals surface area contributed by atoms with Gasteiger partial charge in [-0.15, -0.1) is 0 Å². The van der Waals surface area contributed by atoms with Gasteiger partial charge in [-0.3, -0.25) is 9.59 Å². The molecule has 8 nitrogen and oxygen atoms in total. The first-order valence-electron chi connectivity index (χ1n) is 12.5. The van der Waals surface area contributed by atoms with E-state index in [2.05, 4.69) is 10.6 Å². The molecule has 3 rings (SSSR count). The van der Waals surface area contributed by atoms with E-state index in [-0.39, 0.29) is 23.4 Å². The van der Waals surface area contributed by atoms with Gasteiger partial charge in [0.2, 0.25) is 0 Å². The van der Waals surface area contributed by atoms with Crippen molar-refractivity contribution >= 4 is 34.8 Å². The summed E-state index contributed by atoms with van der Waals surface area (Å²) in [7, 11) is 0. The molecule has 0 fully saturated rings. The van der Waals surface area contributed by atoms with Crippen LogP contribution in [0.25, 0.3) is 0 Å². The lowest BCUT2D eigenvalue weighted by Crippen LogP contribution is -2.13. The Hall–Kier alpha value is -4.46. The van der Waals surface area contributed by atoms with Gasteiger partial charge < -0.3 is 29.7 Å². The molecule has 3 aromatic carbocycles. The standard InChI is InChI=1S/C30H32N2O6/c1-21(33)5-3-19-37-27-15-7-23(8-16-27)29(35)31-25-11-13-26(14-12-25)32-30(36)24-9-17-28(18-10-24)38-20-4-6-22(2)34/h7-18H,3-6,19-20H2,1-2H3,(H,31,35)(H,32,36). The largest absolute Gasteiger partial charge is 0.494 e. The molecule has 0 bridgehead atoms. The zero-order valence-electron chi connectivity index (χ0n) is 21.6. The lowest BCUT2D eigenvalue weighted by Gasteiger charge is -2.10. The number of carbonyl (C=O) groups excluding carboxylic acids is 4. The highest BCUT2D eigenvalue weighted by molar-refractivity contribution is 6.05. The van der Waals surface area contributed by atoms with Gasteiger partial charge in [-0.25, -0.2) is 0 Å². The van der Waals surface area contributed by atoms with Crippen molar-refractivity contribution in [1.29, 1.82) is 0 Å². The monoisotopic (exact) mass is 516 g/mol. The van der Waals surface area contributed by atoms with Gasteiger partial charge in [0.15, 0.2) is 0 Å². The maximum absolute atomic E-state index is 12.6. The fourth-order valence-electron chi connectivity index (χ4n) is 3.47. The second-order valence-corrected chi connectivity index (χ2v) is 8.84. The SMILES string of the molecule is CC(=O)CCCOc1ccc(C(=O)Nc2ccc(NC(=O)c3ccc(OCCCC(C)=O)cc3)cc2)cc1. The van der Waals surface area contributed by atoms with Crippen molar-refractivity contribution in [2.45, 2.75) is 39.5 Å². The summed E-state index contributed by atoms with van der Waals surface area (Å²) in [5.41, 5.74) is 2.13. The molecular weight excluding hydrogens is 484 g/mol. The zero-order valence-corrected chi connectivity index (χ0v) is 21.6. The van der Waals surface area contributed by atoms with Crippen molar-refractivity contribution < 1.29 is 28.7 Å². The third-order valence-electron chi connectivity index (χ3n) is 5.52. The van der Waals surface area contributed by atoms with Gasteiger partial charge in [0.05, 0.1) is 13.2 Å². The Morgan fingerprint density at radius 2 is 0.895 bits per heavy atom. The molecule has 0 aliphatic carbocycles. The number of carbonyl (C=O) groups is 4. The van der Waals surface area contributed by atoms with Crippen LogP contribution in [0.1, 0.15) is 60.2 Å². The lowest BCUT2D eigenvalue weighted by atomic mass is 10.2. The number of nitrogens with one attached hydrogen (secondary N) is 2. The summed E-state index contributed by atoms with van der Waals surface area (Å²) in [6, 6.07) is 20.4. The van der Waals surface area contributed by atoms with Gasteiger partial charge in [-0.1, -0.05) is 0 Å². The Kier molecular flexibility index (Phi) is 10.6. The lowest BCUT2D eigenvalue weighted by molar-refractivity contribution is -0.118. The number of benzene rings is 3. The zero-order chi connectivity index (χ0) is 27.3. The number of anilines is 2. The maximum Gasteiger partial charge on any atom is 0.255 e. The first-order valence-corrected chi connectivity index (χ1v) is 12.5. The van der Waals surface area contributed by atoms with E-state index < -0.39 is 0 Å². The molecule has 0 aromatic heterocycles. The molecule has 0 saturated carbocycles. The molecule has 0 unspecified atom stereocenters. The molecule has 198 valence electrons. The Labute approximate surface area is 222 Å². The average Bonchev–Trinajstić information content (AvgIpc) is 2.90. The van der Waals surface area contributed by atoms with E-state index in [4.69, 9.17) is 9.47 Å². The summed E-state index contributed by atoms with van der Waals surface area (Å²) in [6.45, 7) is 3.99. The number of hydrogen-bond acceptors (Lipinski definition) is 6. The summed E-state index contributed by atoms with van der Waals surface area (Å²) in [5, 5.41) is 5.65. The Morgan fingerprint density at radius 1 is 0.553 bits per heavy atom. The average molecular weight is 517 g/mol. The molecule has 0 atom stereocenters. The van der Waals surface area contributed by atoms with Crippen molar-refractivity contribution in [1.82, 2.24) is 0 Å². The minimum absolute atomic E-state index is 0.131. The van der Waals surface area contributed by atoms with Crippen LogP contribution in [0.4, 0.5) is 11.4 Å². The van der Waals surface area contributed by atoms with Gasteiger partial charge in [-0.2, -0.15) is 0 Å². The third-order valence-corrected chi connectivity index (χ3v) is 5.52. The molecule has 3 aromatic rings. The Balaban J connectivity index is 1.45. The Morgan fingerprint density at radius 3 is 1.21 bits per heavy atom. The molecule has 0 spiro atoms. The van der Waals surface area contributed by atoms with Crippen LogP contribution >= 0.6 is 0 Å². The van der Waals surface area contributed by atoms with Gasteiger partial charge in [0.25, 0.3) is 11.8 Å². The van der Waals surface area contributed by atoms with Gasteiger partial charge >= 0.3 is 0 Å². The predicted molar refractivity (Wildman–Crippen MR) is 146 cm³/mol. The molecular formula is C30H32N2O6. The van der Waals surface area contributed by atoms with E-state index in [1.54, 1.807) is 86.6 Å². The molecule has 0 heterocycles. The molecule has 0 aliphatic rings. The number of Topliss-reactive ketones (excluding diaryl/α,β-unsaturated/α-hetero) is 2. The van der Waals surface area contributed by atoms with Crippen LogP contribution < -0.4 is 20.1 Å². The summed E-state index contributed by atoms with van der Waals surface area (Å²) >= 11 is 0.